The minimum absolute atomic E-state index is 0.374. The second-order valence-corrected chi connectivity index (χ2v) is 4.30. The first-order chi connectivity index (χ1) is 5.75. The van der Waals surface area contributed by atoms with E-state index in [2.05, 4.69) is 12.2 Å². The van der Waals surface area contributed by atoms with Gasteiger partial charge in [0, 0.05) is 5.92 Å². The topological polar surface area (TPSA) is 17.1 Å². The molecule has 2 rings (SSSR count). The molecule has 2 aliphatic rings. The SMILES string of the molecule is CC(=O)[C@@H]1C[C@@H]2C=CC[C@@H](C2)C1. The van der Waals surface area contributed by atoms with Crippen molar-refractivity contribution >= 4 is 5.78 Å². The van der Waals surface area contributed by atoms with Crippen LogP contribution >= 0.6 is 0 Å². The molecule has 0 aromatic carbocycles. The quantitative estimate of drug-likeness (QED) is 0.544. The molecule has 3 atom stereocenters. The Morgan fingerprint density at radius 2 is 2.17 bits per heavy atom. The highest BCUT2D eigenvalue weighted by molar-refractivity contribution is 5.78. The zero-order chi connectivity index (χ0) is 8.55. The molecular formula is C11H16O. The largest absolute Gasteiger partial charge is 0.300 e. The van der Waals surface area contributed by atoms with Crippen LogP contribution in [0.3, 0.4) is 0 Å². The van der Waals surface area contributed by atoms with Crippen LogP contribution in [0.4, 0.5) is 0 Å². The van der Waals surface area contributed by atoms with Gasteiger partial charge in [-0.05, 0) is 44.4 Å². The van der Waals surface area contributed by atoms with Gasteiger partial charge in [0.05, 0.1) is 0 Å². The van der Waals surface area contributed by atoms with Crippen LogP contribution in [0.1, 0.15) is 32.6 Å². The molecule has 2 aliphatic carbocycles. The highest BCUT2D eigenvalue weighted by atomic mass is 16.1. The van der Waals surface area contributed by atoms with Crippen LogP contribution in [0.15, 0.2) is 12.2 Å². The molecule has 0 saturated heterocycles. The lowest BCUT2D eigenvalue weighted by Crippen LogP contribution is -2.27. The Morgan fingerprint density at radius 1 is 1.33 bits per heavy atom. The van der Waals surface area contributed by atoms with Gasteiger partial charge in [-0.25, -0.2) is 0 Å². The molecule has 1 heteroatoms. The van der Waals surface area contributed by atoms with Gasteiger partial charge in [0.2, 0.25) is 0 Å². The van der Waals surface area contributed by atoms with Crippen molar-refractivity contribution in [3.8, 4) is 0 Å². The van der Waals surface area contributed by atoms with Crippen LogP contribution in [0.2, 0.25) is 0 Å². The molecule has 0 aromatic heterocycles. The third-order valence-electron chi connectivity index (χ3n) is 3.29. The number of ketones is 1. The highest BCUT2D eigenvalue weighted by Crippen LogP contribution is 2.39. The zero-order valence-corrected chi connectivity index (χ0v) is 7.62. The summed E-state index contributed by atoms with van der Waals surface area (Å²) in [6.07, 6.45) is 9.42. The van der Waals surface area contributed by atoms with Gasteiger partial charge >= 0.3 is 0 Å². The van der Waals surface area contributed by atoms with Gasteiger partial charge in [0.1, 0.15) is 5.78 Å². The Balaban J connectivity index is 2.07. The van der Waals surface area contributed by atoms with Gasteiger partial charge in [-0.2, -0.15) is 0 Å². The Kier molecular flexibility index (Phi) is 2.03. The Bertz CT molecular complexity index is 217. The Morgan fingerprint density at radius 3 is 2.83 bits per heavy atom. The molecule has 0 amide bonds. The molecule has 1 nitrogen and oxygen atoms in total. The van der Waals surface area contributed by atoms with Crippen molar-refractivity contribution in [2.75, 3.05) is 0 Å². The van der Waals surface area contributed by atoms with E-state index in [0.717, 1.165) is 18.8 Å². The van der Waals surface area contributed by atoms with Crippen LogP contribution < -0.4 is 0 Å². The van der Waals surface area contributed by atoms with E-state index in [0.29, 0.717) is 17.6 Å². The van der Waals surface area contributed by atoms with Crippen LogP contribution in [0.25, 0.3) is 0 Å². The van der Waals surface area contributed by atoms with E-state index in [9.17, 15) is 4.79 Å². The monoisotopic (exact) mass is 164 g/mol. The van der Waals surface area contributed by atoms with Gasteiger partial charge in [0.25, 0.3) is 0 Å². The summed E-state index contributed by atoms with van der Waals surface area (Å²) < 4.78 is 0. The summed E-state index contributed by atoms with van der Waals surface area (Å²) in [6, 6.07) is 0. The number of allylic oxidation sites excluding steroid dienone is 2. The molecule has 12 heavy (non-hydrogen) atoms. The smallest absolute Gasteiger partial charge is 0.132 e. The Labute approximate surface area is 73.8 Å². The van der Waals surface area contributed by atoms with Gasteiger partial charge < -0.3 is 0 Å². The molecule has 2 bridgehead atoms. The summed E-state index contributed by atoms with van der Waals surface area (Å²) in [6.45, 7) is 1.75. The number of carbonyl (C=O) groups excluding carboxylic acids is 1. The summed E-state index contributed by atoms with van der Waals surface area (Å²) in [7, 11) is 0. The molecular weight excluding hydrogens is 148 g/mol. The molecule has 0 unspecified atom stereocenters. The second kappa shape index (κ2) is 3.04. The zero-order valence-electron chi connectivity index (χ0n) is 7.62. The van der Waals surface area contributed by atoms with Gasteiger partial charge in [-0.1, -0.05) is 12.2 Å². The maximum atomic E-state index is 11.2. The summed E-state index contributed by atoms with van der Waals surface area (Å²) in [4.78, 5) is 11.2. The molecule has 1 saturated carbocycles. The minimum Gasteiger partial charge on any atom is -0.300 e. The van der Waals surface area contributed by atoms with E-state index in [1.54, 1.807) is 6.92 Å². The van der Waals surface area contributed by atoms with E-state index >= 15 is 0 Å². The van der Waals surface area contributed by atoms with Gasteiger partial charge in [0.15, 0.2) is 0 Å². The minimum atomic E-state index is 0.374. The highest BCUT2D eigenvalue weighted by Gasteiger charge is 2.31. The molecule has 0 aliphatic heterocycles. The first-order valence-corrected chi connectivity index (χ1v) is 4.93. The predicted octanol–water partition coefficient (Wildman–Crippen LogP) is 2.57. The third-order valence-corrected chi connectivity index (χ3v) is 3.29. The molecule has 0 radical (unpaired) electrons. The summed E-state index contributed by atoms with van der Waals surface area (Å²) >= 11 is 0. The maximum Gasteiger partial charge on any atom is 0.132 e. The lowest BCUT2D eigenvalue weighted by Gasteiger charge is -2.34. The van der Waals surface area contributed by atoms with E-state index in [1.807, 2.05) is 0 Å². The molecule has 66 valence electrons. The second-order valence-electron chi connectivity index (χ2n) is 4.30. The molecule has 0 aromatic rings. The predicted molar refractivity (Wildman–Crippen MR) is 48.8 cm³/mol. The molecule has 0 N–H and O–H groups in total. The number of rotatable bonds is 1. The number of hydrogen-bond donors (Lipinski definition) is 0. The molecule has 1 fully saturated rings. The van der Waals surface area contributed by atoms with Gasteiger partial charge in [-0.3, -0.25) is 4.79 Å². The summed E-state index contributed by atoms with van der Waals surface area (Å²) in [5.74, 6) is 2.30. The average Bonchev–Trinajstić information content (AvgIpc) is 2.03. The third kappa shape index (κ3) is 1.45. The fourth-order valence-electron chi connectivity index (χ4n) is 2.63. The van der Waals surface area contributed by atoms with Crippen molar-refractivity contribution in [2.45, 2.75) is 32.6 Å². The van der Waals surface area contributed by atoms with Crippen LogP contribution in [0, 0.1) is 17.8 Å². The molecule has 0 heterocycles. The lowest BCUT2D eigenvalue weighted by atomic mass is 9.70. The first kappa shape index (κ1) is 8.03. The Hall–Kier alpha value is -0.590. The fourth-order valence-corrected chi connectivity index (χ4v) is 2.63. The van der Waals surface area contributed by atoms with E-state index < -0.39 is 0 Å². The van der Waals surface area contributed by atoms with Crippen LogP contribution in [-0.2, 0) is 4.79 Å². The van der Waals surface area contributed by atoms with Crippen molar-refractivity contribution in [2.24, 2.45) is 17.8 Å². The maximum absolute atomic E-state index is 11.2. The van der Waals surface area contributed by atoms with E-state index in [4.69, 9.17) is 0 Å². The normalized spacial score (nSPS) is 39.6. The van der Waals surface area contributed by atoms with Crippen molar-refractivity contribution in [3.05, 3.63) is 12.2 Å². The van der Waals surface area contributed by atoms with E-state index in [-0.39, 0.29) is 0 Å². The number of fused-ring (bicyclic) bond motifs is 2. The van der Waals surface area contributed by atoms with Crippen molar-refractivity contribution in [1.29, 1.82) is 0 Å². The fraction of sp³-hybridized carbons (Fsp3) is 0.727. The van der Waals surface area contributed by atoms with Crippen LogP contribution in [-0.4, -0.2) is 5.78 Å². The van der Waals surface area contributed by atoms with E-state index in [1.165, 1.54) is 12.8 Å². The van der Waals surface area contributed by atoms with Crippen LogP contribution in [0.5, 0.6) is 0 Å². The molecule has 0 spiro atoms. The average molecular weight is 164 g/mol. The van der Waals surface area contributed by atoms with Crippen molar-refractivity contribution in [3.63, 3.8) is 0 Å². The van der Waals surface area contributed by atoms with Crippen molar-refractivity contribution in [1.82, 2.24) is 0 Å². The lowest BCUT2D eigenvalue weighted by molar-refractivity contribution is -0.122. The standard InChI is InChI=1S/C11H16O/c1-8(12)11-6-9-3-2-4-10(5-9)7-11/h2-3,9-11H,4-7H2,1H3/t9-,10+,11-/m1/s1. The number of Topliss-reactive ketones (excluding diaryl/α,β-unsaturated/α-hetero) is 1. The first-order valence-electron chi connectivity index (χ1n) is 4.93. The number of carbonyl (C=O) groups is 1. The number of hydrogen-bond acceptors (Lipinski definition) is 1. The van der Waals surface area contributed by atoms with Gasteiger partial charge in [-0.15, -0.1) is 0 Å². The summed E-state index contributed by atoms with van der Waals surface area (Å²) in [5, 5.41) is 0. The van der Waals surface area contributed by atoms with Crippen molar-refractivity contribution < 1.29 is 4.79 Å². The summed E-state index contributed by atoms with van der Waals surface area (Å²) in [5.41, 5.74) is 0.